The molecule has 3 nitrogen and oxygen atoms in total. The Balaban J connectivity index is 2.61. The molecule has 0 aliphatic rings. The van der Waals surface area contributed by atoms with Crippen LogP contribution in [0.1, 0.15) is 11.3 Å². The first-order valence-electron chi connectivity index (χ1n) is 5.74. The Morgan fingerprint density at radius 1 is 1.30 bits per heavy atom. The summed E-state index contributed by atoms with van der Waals surface area (Å²) in [5.74, 6) is -1.46. The van der Waals surface area contributed by atoms with Crippen molar-refractivity contribution in [1.29, 1.82) is 0 Å². The maximum Gasteiger partial charge on any atom is 0.226 e. The monoisotopic (exact) mass is 297 g/mol. The SMILES string of the molecule is Cc1cc(=O)c(CC(=O)Cl)cn1-c1ccc(F)cc1F. The average Bonchev–Trinajstić information content (AvgIpc) is 2.33. The topological polar surface area (TPSA) is 39.1 Å². The quantitative estimate of drug-likeness (QED) is 0.817. The summed E-state index contributed by atoms with van der Waals surface area (Å²) in [5.41, 5.74) is 0.355. The molecule has 0 unspecified atom stereocenters. The smallest absolute Gasteiger partial charge is 0.226 e. The van der Waals surface area contributed by atoms with Crippen LogP contribution in [0.25, 0.3) is 5.69 Å². The van der Waals surface area contributed by atoms with Gasteiger partial charge in [-0.1, -0.05) is 0 Å². The first-order valence-corrected chi connectivity index (χ1v) is 6.12. The van der Waals surface area contributed by atoms with Crippen molar-refractivity contribution in [3.63, 3.8) is 0 Å². The molecule has 2 rings (SSSR count). The highest BCUT2D eigenvalue weighted by Crippen LogP contribution is 2.17. The Labute approximate surface area is 118 Å². The Bertz CT molecular complexity index is 740. The van der Waals surface area contributed by atoms with Crippen LogP contribution in [0.5, 0.6) is 0 Å². The minimum atomic E-state index is -0.764. The van der Waals surface area contributed by atoms with Gasteiger partial charge in [-0.3, -0.25) is 9.59 Å². The zero-order chi connectivity index (χ0) is 14.9. The van der Waals surface area contributed by atoms with E-state index in [1.54, 1.807) is 6.92 Å². The highest BCUT2D eigenvalue weighted by atomic mass is 35.5. The van der Waals surface area contributed by atoms with E-state index in [0.29, 0.717) is 5.69 Å². The molecule has 0 saturated carbocycles. The van der Waals surface area contributed by atoms with E-state index in [4.69, 9.17) is 11.6 Å². The number of carbonyl (C=O) groups excluding carboxylic acids is 1. The summed E-state index contributed by atoms with van der Waals surface area (Å²) < 4.78 is 28.1. The van der Waals surface area contributed by atoms with E-state index in [0.717, 1.165) is 12.1 Å². The summed E-state index contributed by atoms with van der Waals surface area (Å²) in [5, 5.41) is -0.683. The number of rotatable bonds is 3. The van der Waals surface area contributed by atoms with Crippen LogP contribution >= 0.6 is 11.6 Å². The predicted octanol–water partition coefficient (Wildman–Crippen LogP) is 2.73. The number of aromatic nitrogens is 1. The van der Waals surface area contributed by atoms with Crippen molar-refractivity contribution in [2.24, 2.45) is 0 Å². The molecule has 0 N–H and O–H groups in total. The fourth-order valence-corrected chi connectivity index (χ4v) is 2.04. The molecule has 0 fully saturated rings. The van der Waals surface area contributed by atoms with Crippen LogP contribution in [0.15, 0.2) is 35.3 Å². The van der Waals surface area contributed by atoms with E-state index < -0.39 is 16.9 Å². The zero-order valence-electron chi connectivity index (χ0n) is 10.5. The van der Waals surface area contributed by atoms with Gasteiger partial charge in [0.15, 0.2) is 5.43 Å². The minimum Gasteiger partial charge on any atom is -0.318 e. The summed E-state index contributed by atoms with van der Waals surface area (Å²) in [6.07, 6.45) is 1.09. The van der Waals surface area contributed by atoms with Crippen LogP contribution in [0, 0.1) is 18.6 Å². The summed E-state index contributed by atoms with van der Waals surface area (Å²) >= 11 is 5.26. The highest BCUT2D eigenvalue weighted by Gasteiger charge is 2.11. The first-order chi connectivity index (χ1) is 9.38. The third kappa shape index (κ3) is 2.93. The van der Waals surface area contributed by atoms with Gasteiger partial charge in [0.1, 0.15) is 11.6 Å². The van der Waals surface area contributed by atoms with Gasteiger partial charge in [0.05, 0.1) is 12.1 Å². The minimum absolute atomic E-state index is 0.0900. The van der Waals surface area contributed by atoms with Crippen LogP contribution in [0.4, 0.5) is 8.78 Å². The molecule has 0 amide bonds. The average molecular weight is 298 g/mol. The molecule has 0 bridgehead atoms. The van der Waals surface area contributed by atoms with Gasteiger partial charge in [-0.15, -0.1) is 0 Å². The van der Waals surface area contributed by atoms with E-state index in [-0.39, 0.29) is 23.1 Å². The lowest BCUT2D eigenvalue weighted by molar-refractivity contribution is -0.111. The van der Waals surface area contributed by atoms with Gasteiger partial charge in [0, 0.05) is 29.6 Å². The van der Waals surface area contributed by atoms with Crippen LogP contribution < -0.4 is 5.43 Å². The molecule has 1 aromatic heterocycles. The maximum absolute atomic E-state index is 13.8. The summed E-state index contributed by atoms with van der Waals surface area (Å²) in [7, 11) is 0. The van der Waals surface area contributed by atoms with Crippen LogP contribution in [0.3, 0.4) is 0 Å². The number of hydrogen-bond acceptors (Lipinski definition) is 2. The molecule has 1 aromatic carbocycles. The van der Waals surface area contributed by atoms with Gasteiger partial charge in [-0.2, -0.15) is 0 Å². The number of benzene rings is 1. The lowest BCUT2D eigenvalue weighted by Crippen LogP contribution is -2.16. The number of nitrogens with zero attached hydrogens (tertiary/aromatic N) is 1. The van der Waals surface area contributed by atoms with Gasteiger partial charge in [-0.05, 0) is 30.7 Å². The van der Waals surface area contributed by atoms with E-state index in [1.807, 2.05) is 0 Å². The Morgan fingerprint density at radius 2 is 2.00 bits per heavy atom. The van der Waals surface area contributed by atoms with Crippen LogP contribution in [-0.4, -0.2) is 9.81 Å². The highest BCUT2D eigenvalue weighted by molar-refractivity contribution is 6.63. The van der Waals surface area contributed by atoms with Crippen molar-refractivity contribution in [2.45, 2.75) is 13.3 Å². The second kappa shape index (κ2) is 5.54. The molecular formula is C14H10ClF2NO2. The van der Waals surface area contributed by atoms with Gasteiger partial charge < -0.3 is 4.57 Å². The molecule has 0 spiro atoms. The van der Waals surface area contributed by atoms with Gasteiger partial charge in [0.25, 0.3) is 0 Å². The van der Waals surface area contributed by atoms with E-state index in [2.05, 4.69) is 0 Å². The summed E-state index contributed by atoms with van der Waals surface area (Å²) in [6, 6.07) is 4.40. The Morgan fingerprint density at radius 3 is 2.60 bits per heavy atom. The lowest BCUT2D eigenvalue weighted by Gasteiger charge is -2.13. The maximum atomic E-state index is 13.8. The molecule has 0 aliphatic heterocycles. The van der Waals surface area contributed by atoms with Crippen molar-refractivity contribution in [3.05, 3.63) is 63.6 Å². The number of pyridine rings is 1. The third-order valence-electron chi connectivity index (χ3n) is 2.82. The second-order valence-corrected chi connectivity index (χ2v) is 4.72. The third-order valence-corrected chi connectivity index (χ3v) is 2.95. The number of hydrogen-bond donors (Lipinski definition) is 0. The molecule has 1 heterocycles. The van der Waals surface area contributed by atoms with Crippen LogP contribution in [0.2, 0.25) is 0 Å². The van der Waals surface area contributed by atoms with E-state index in [1.165, 1.54) is 22.9 Å². The van der Waals surface area contributed by atoms with Gasteiger partial charge in [0.2, 0.25) is 5.24 Å². The largest absolute Gasteiger partial charge is 0.318 e. The van der Waals surface area contributed by atoms with Crippen molar-refractivity contribution < 1.29 is 13.6 Å². The molecular weight excluding hydrogens is 288 g/mol. The fraction of sp³-hybridized carbons (Fsp3) is 0.143. The predicted molar refractivity (Wildman–Crippen MR) is 71.3 cm³/mol. The molecule has 0 atom stereocenters. The number of aryl methyl sites for hydroxylation is 1. The molecule has 2 aromatic rings. The lowest BCUT2D eigenvalue weighted by atomic mass is 10.1. The van der Waals surface area contributed by atoms with E-state index in [9.17, 15) is 18.4 Å². The molecule has 0 radical (unpaired) electrons. The van der Waals surface area contributed by atoms with Crippen LogP contribution in [-0.2, 0) is 11.2 Å². The summed E-state index contributed by atoms with van der Waals surface area (Å²) in [6.45, 7) is 1.61. The molecule has 104 valence electrons. The Kier molecular flexibility index (Phi) is 3.99. The van der Waals surface area contributed by atoms with Gasteiger partial charge >= 0.3 is 0 Å². The molecule has 6 heteroatoms. The Hall–Kier alpha value is -2.01. The number of carbonyl (C=O) groups is 1. The van der Waals surface area contributed by atoms with Crippen molar-refractivity contribution in [2.75, 3.05) is 0 Å². The normalized spacial score (nSPS) is 10.6. The van der Waals surface area contributed by atoms with E-state index >= 15 is 0 Å². The standard InChI is InChI=1S/C14H10ClF2NO2/c1-8-4-13(19)9(5-14(15)20)7-18(8)12-3-2-10(16)6-11(12)17/h2-4,6-7H,5H2,1H3. The molecule has 20 heavy (non-hydrogen) atoms. The van der Waals surface area contributed by atoms with Crippen molar-refractivity contribution in [1.82, 2.24) is 4.57 Å². The fourth-order valence-electron chi connectivity index (χ4n) is 1.89. The zero-order valence-corrected chi connectivity index (χ0v) is 11.2. The summed E-state index contributed by atoms with van der Waals surface area (Å²) in [4.78, 5) is 22.6. The second-order valence-electron chi connectivity index (χ2n) is 4.30. The molecule has 0 aliphatic carbocycles. The number of halogens is 3. The first kappa shape index (κ1) is 14.4. The van der Waals surface area contributed by atoms with Crippen molar-refractivity contribution in [3.8, 4) is 5.69 Å². The van der Waals surface area contributed by atoms with Crippen molar-refractivity contribution >= 4 is 16.8 Å². The van der Waals surface area contributed by atoms with Gasteiger partial charge in [-0.25, -0.2) is 8.78 Å². The molecule has 0 saturated heterocycles.